The van der Waals surface area contributed by atoms with Crippen LogP contribution in [0, 0.1) is 0 Å². The molecule has 4 nitrogen and oxygen atoms in total. The average molecular weight is 303 g/mol. The number of carbonyl (C=O) groups is 1. The lowest BCUT2D eigenvalue weighted by Gasteiger charge is -2.25. The normalized spacial score (nSPS) is 18.2. The minimum atomic E-state index is 0.122. The van der Waals surface area contributed by atoms with Crippen molar-refractivity contribution in [3.05, 3.63) is 35.4 Å². The zero-order valence-electron chi connectivity index (χ0n) is 14.3. The molecule has 1 aromatic carbocycles. The number of hydrogen-bond donors (Lipinski definition) is 1. The minimum absolute atomic E-state index is 0.122. The highest BCUT2D eigenvalue weighted by atomic mass is 16.2. The molecule has 122 valence electrons. The SMILES string of the molecule is CCN(Cc1ccc(C(=O)N(C)C2CCNC2)cc1)C(C)C. The van der Waals surface area contributed by atoms with Crippen LogP contribution < -0.4 is 5.32 Å². The molecule has 1 unspecified atom stereocenters. The minimum Gasteiger partial charge on any atom is -0.337 e. The highest BCUT2D eigenvalue weighted by molar-refractivity contribution is 5.94. The summed E-state index contributed by atoms with van der Waals surface area (Å²) in [6, 6.07) is 8.95. The molecule has 0 aliphatic carbocycles. The summed E-state index contributed by atoms with van der Waals surface area (Å²) in [6.45, 7) is 10.5. The highest BCUT2D eigenvalue weighted by Gasteiger charge is 2.23. The van der Waals surface area contributed by atoms with Crippen LogP contribution in [0.25, 0.3) is 0 Å². The maximum atomic E-state index is 12.5. The van der Waals surface area contributed by atoms with Gasteiger partial charge in [0.05, 0.1) is 0 Å². The Kier molecular flexibility index (Phi) is 5.98. The molecule has 0 radical (unpaired) electrons. The first-order valence-corrected chi connectivity index (χ1v) is 8.33. The van der Waals surface area contributed by atoms with Crippen molar-refractivity contribution in [1.29, 1.82) is 0 Å². The summed E-state index contributed by atoms with van der Waals surface area (Å²) < 4.78 is 0. The second kappa shape index (κ2) is 7.75. The molecule has 1 N–H and O–H groups in total. The maximum Gasteiger partial charge on any atom is 0.253 e. The molecular weight excluding hydrogens is 274 g/mol. The van der Waals surface area contributed by atoms with Gasteiger partial charge in [-0.2, -0.15) is 0 Å². The molecule has 0 spiro atoms. The van der Waals surface area contributed by atoms with Gasteiger partial charge in [-0.25, -0.2) is 0 Å². The topological polar surface area (TPSA) is 35.6 Å². The Labute approximate surface area is 134 Å². The van der Waals surface area contributed by atoms with E-state index in [0.717, 1.165) is 38.2 Å². The monoisotopic (exact) mass is 303 g/mol. The van der Waals surface area contributed by atoms with E-state index in [1.165, 1.54) is 5.56 Å². The molecule has 1 atom stereocenters. The number of amides is 1. The predicted molar refractivity (Wildman–Crippen MR) is 91.0 cm³/mol. The lowest BCUT2D eigenvalue weighted by molar-refractivity contribution is 0.0743. The van der Waals surface area contributed by atoms with Crippen molar-refractivity contribution in [2.75, 3.05) is 26.7 Å². The van der Waals surface area contributed by atoms with Crippen molar-refractivity contribution in [3.63, 3.8) is 0 Å². The molecule has 1 heterocycles. The van der Waals surface area contributed by atoms with Crippen LogP contribution in [-0.4, -0.2) is 54.5 Å². The summed E-state index contributed by atoms with van der Waals surface area (Å²) in [6.07, 6.45) is 1.04. The Hall–Kier alpha value is -1.39. The van der Waals surface area contributed by atoms with Crippen molar-refractivity contribution in [1.82, 2.24) is 15.1 Å². The summed E-state index contributed by atoms with van der Waals surface area (Å²) in [4.78, 5) is 16.8. The molecule has 1 fully saturated rings. The predicted octanol–water partition coefficient (Wildman–Crippen LogP) is 2.35. The molecule has 0 bridgehead atoms. The number of benzene rings is 1. The van der Waals surface area contributed by atoms with Gasteiger partial charge in [0.1, 0.15) is 0 Å². The van der Waals surface area contributed by atoms with Gasteiger partial charge in [0.15, 0.2) is 0 Å². The summed E-state index contributed by atoms with van der Waals surface area (Å²) in [5.74, 6) is 0.122. The van der Waals surface area contributed by atoms with Gasteiger partial charge >= 0.3 is 0 Å². The van der Waals surface area contributed by atoms with Crippen LogP contribution in [0.1, 0.15) is 43.1 Å². The van der Waals surface area contributed by atoms with Crippen LogP contribution in [0.3, 0.4) is 0 Å². The molecular formula is C18H29N3O. The van der Waals surface area contributed by atoms with Crippen LogP contribution in [-0.2, 0) is 6.54 Å². The summed E-state index contributed by atoms with van der Waals surface area (Å²) >= 11 is 0. The van der Waals surface area contributed by atoms with Gasteiger partial charge in [-0.1, -0.05) is 19.1 Å². The quantitative estimate of drug-likeness (QED) is 0.876. The van der Waals surface area contributed by atoms with E-state index in [-0.39, 0.29) is 5.91 Å². The van der Waals surface area contributed by atoms with Gasteiger partial charge in [-0.15, -0.1) is 0 Å². The van der Waals surface area contributed by atoms with E-state index < -0.39 is 0 Å². The van der Waals surface area contributed by atoms with E-state index in [9.17, 15) is 4.79 Å². The van der Waals surface area contributed by atoms with E-state index in [1.54, 1.807) is 0 Å². The number of hydrogen-bond acceptors (Lipinski definition) is 3. The van der Waals surface area contributed by atoms with Crippen molar-refractivity contribution >= 4 is 5.91 Å². The van der Waals surface area contributed by atoms with E-state index in [4.69, 9.17) is 0 Å². The average Bonchev–Trinajstić information content (AvgIpc) is 3.05. The first-order valence-electron chi connectivity index (χ1n) is 8.33. The fourth-order valence-corrected chi connectivity index (χ4v) is 2.99. The molecule has 1 aromatic rings. The third-order valence-electron chi connectivity index (χ3n) is 4.63. The number of nitrogens with zero attached hydrogens (tertiary/aromatic N) is 2. The summed E-state index contributed by atoms with van der Waals surface area (Å²) in [7, 11) is 1.91. The van der Waals surface area contributed by atoms with Gasteiger partial charge in [0.2, 0.25) is 0 Å². The fraction of sp³-hybridized carbons (Fsp3) is 0.611. The zero-order valence-corrected chi connectivity index (χ0v) is 14.3. The van der Waals surface area contributed by atoms with Crippen LogP contribution in [0.15, 0.2) is 24.3 Å². The molecule has 1 aliphatic heterocycles. The molecule has 4 heteroatoms. The third-order valence-corrected chi connectivity index (χ3v) is 4.63. The fourth-order valence-electron chi connectivity index (χ4n) is 2.99. The molecule has 0 aromatic heterocycles. The van der Waals surface area contributed by atoms with Gasteiger partial charge in [0.25, 0.3) is 5.91 Å². The Morgan fingerprint density at radius 1 is 1.32 bits per heavy atom. The number of carbonyl (C=O) groups excluding carboxylic acids is 1. The lowest BCUT2D eigenvalue weighted by Crippen LogP contribution is -2.38. The standard InChI is InChI=1S/C18H29N3O/c1-5-21(14(2)3)13-15-6-8-16(9-7-15)18(22)20(4)17-10-11-19-12-17/h6-9,14,17,19H,5,10-13H2,1-4H3. The second-order valence-corrected chi connectivity index (χ2v) is 6.42. The molecule has 1 aliphatic rings. The second-order valence-electron chi connectivity index (χ2n) is 6.42. The van der Waals surface area contributed by atoms with E-state index in [0.29, 0.717) is 12.1 Å². The Bertz CT molecular complexity index is 478. The van der Waals surface area contributed by atoms with Gasteiger partial charge in [-0.3, -0.25) is 9.69 Å². The van der Waals surface area contributed by atoms with E-state index >= 15 is 0 Å². The number of nitrogens with one attached hydrogen (secondary N) is 1. The number of likely N-dealkylation sites (N-methyl/N-ethyl adjacent to an activating group) is 1. The Morgan fingerprint density at radius 2 is 2.00 bits per heavy atom. The number of rotatable bonds is 6. The largest absolute Gasteiger partial charge is 0.337 e. The first-order chi connectivity index (χ1) is 10.5. The Balaban J connectivity index is 2.00. The van der Waals surface area contributed by atoms with Crippen LogP contribution in [0.2, 0.25) is 0 Å². The van der Waals surface area contributed by atoms with E-state index in [1.807, 2.05) is 24.1 Å². The van der Waals surface area contributed by atoms with Crippen LogP contribution >= 0.6 is 0 Å². The summed E-state index contributed by atoms with van der Waals surface area (Å²) in [5, 5.41) is 3.31. The maximum absolute atomic E-state index is 12.5. The van der Waals surface area contributed by atoms with Gasteiger partial charge < -0.3 is 10.2 Å². The van der Waals surface area contributed by atoms with Gasteiger partial charge in [-0.05, 0) is 51.1 Å². The molecule has 1 saturated heterocycles. The molecule has 0 saturated carbocycles. The molecule has 2 rings (SSSR count). The first kappa shape index (κ1) is 17.0. The van der Waals surface area contributed by atoms with E-state index in [2.05, 4.69) is 43.1 Å². The lowest BCUT2D eigenvalue weighted by atomic mass is 10.1. The van der Waals surface area contributed by atoms with Crippen molar-refractivity contribution in [2.45, 2.75) is 45.8 Å². The van der Waals surface area contributed by atoms with Crippen molar-refractivity contribution in [3.8, 4) is 0 Å². The molecule has 22 heavy (non-hydrogen) atoms. The van der Waals surface area contributed by atoms with Crippen molar-refractivity contribution < 1.29 is 4.79 Å². The highest BCUT2D eigenvalue weighted by Crippen LogP contribution is 2.14. The zero-order chi connectivity index (χ0) is 16.1. The summed E-state index contributed by atoms with van der Waals surface area (Å²) in [5.41, 5.74) is 2.04. The third kappa shape index (κ3) is 4.08. The smallest absolute Gasteiger partial charge is 0.253 e. The Morgan fingerprint density at radius 3 is 2.50 bits per heavy atom. The van der Waals surface area contributed by atoms with Gasteiger partial charge in [0, 0.05) is 37.8 Å². The van der Waals surface area contributed by atoms with Crippen LogP contribution in [0.5, 0.6) is 0 Å². The van der Waals surface area contributed by atoms with Crippen molar-refractivity contribution in [2.24, 2.45) is 0 Å². The van der Waals surface area contributed by atoms with Crippen LogP contribution in [0.4, 0.5) is 0 Å². The molecule has 1 amide bonds.